The van der Waals surface area contributed by atoms with Crippen LogP contribution in [0.25, 0.3) is 0 Å². The quantitative estimate of drug-likeness (QED) is 0.559. The lowest BCUT2D eigenvalue weighted by Crippen LogP contribution is -2.00. The molecule has 1 heteroatoms. The lowest BCUT2D eigenvalue weighted by atomic mass is 9.95. The predicted molar refractivity (Wildman–Crippen MR) is 65.4 cm³/mol. The molecular weight excluding hydrogens is 170 g/mol. The minimum absolute atomic E-state index is 0.863. The Morgan fingerprint density at radius 1 is 0.786 bits per heavy atom. The minimum Gasteiger partial charge on any atom is -0.330 e. The Labute approximate surface area is 90.5 Å². The van der Waals surface area contributed by atoms with Gasteiger partial charge in [0.2, 0.25) is 0 Å². The van der Waals surface area contributed by atoms with Gasteiger partial charge in [-0.25, -0.2) is 0 Å². The molecule has 0 bridgehead atoms. The average Bonchev–Trinajstić information content (AvgIpc) is 2.12. The molecule has 1 unspecified atom stereocenters. The molecule has 0 rings (SSSR count). The number of hydrogen-bond acceptors (Lipinski definition) is 1. The van der Waals surface area contributed by atoms with E-state index in [0.717, 1.165) is 18.4 Å². The van der Waals surface area contributed by atoms with Crippen molar-refractivity contribution in [3.63, 3.8) is 0 Å². The molecule has 0 aromatic heterocycles. The molecule has 0 radical (unpaired) electrons. The summed E-state index contributed by atoms with van der Waals surface area (Å²) in [6, 6.07) is 0. The third kappa shape index (κ3) is 10.0. The van der Waals surface area contributed by atoms with Crippen molar-refractivity contribution in [1.29, 1.82) is 0 Å². The molecule has 0 amide bonds. The van der Waals surface area contributed by atoms with Crippen LogP contribution in [-0.2, 0) is 0 Å². The molecule has 0 aliphatic carbocycles. The van der Waals surface area contributed by atoms with E-state index in [1.807, 2.05) is 0 Å². The Kier molecular flexibility index (Phi) is 9.49. The van der Waals surface area contributed by atoms with E-state index >= 15 is 0 Å². The van der Waals surface area contributed by atoms with Gasteiger partial charge in [-0.15, -0.1) is 0 Å². The molecule has 0 fully saturated rings. The van der Waals surface area contributed by atoms with Crippen LogP contribution in [0.3, 0.4) is 0 Å². The van der Waals surface area contributed by atoms with E-state index < -0.39 is 0 Å². The van der Waals surface area contributed by atoms with Gasteiger partial charge in [0.1, 0.15) is 0 Å². The lowest BCUT2D eigenvalue weighted by Gasteiger charge is -2.11. The number of hydrogen-bond donors (Lipinski definition) is 1. The zero-order valence-electron chi connectivity index (χ0n) is 10.4. The molecule has 0 aliphatic rings. The summed E-state index contributed by atoms with van der Waals surface area (Å²) in [4.78, 5) is 0. The van der Waals surface area contributed by atoms with Crippen molar-refractivity contribution in [2.24, 2.45) is 17.6 Å². The molecule has 0 saturated heterocycles. The zero-order chi connectivity index (χ0) is 10.8. The molecule has 0 aromatic rings. The smallest absolute Gasteiger partial charge is 0.00773 e. The van der Waals surface area contributed by atoms with Crippen LogP contribution in [0.4, 0.5) is 0 Å². The SMILES string of the molecule is CC(C)CCCC(C)CCCCCN. The van der Waals surface area contributed by atoms with Crippen LogP contribution in [-0.4, -0.2) is 6.54 Å². The van der Waals surface area contributed by atoms with Gasteiger partial charge in [-0.1, -0.05) is 59.3 Å². The Morgan fingerprint density at radius 3 is 2.00 bits per heavy atom. The Bertz CT molecular complexity index is 110. The molecular formula is C13H29N. The average molecular weight is 199 g/mol. The van der Waals surface area contributed by atoms with Gasteiger partial charge < -0.3 is 5.73 Å². The molecule has 0 aliphatic heterocycles. The fraction of sp³-hybridized carbons (Fsp3) is 1.00. The first-order valence-electron chi connectivity index (χ1n) is 6.37. The summed E-state index contributed by atoms with van der Waals surface area (Å²) in [5, 5.41) is 0. The molecule has 0 aromatic carbocycles. The predicted octanol–water partition coefficient (Wildman–Crippen LogP) is 3.97. The highest BCUT2D eigenvalue weighted by Gasteiger charge is 2.02. The second-order valence-corrected chi connectivity index (χ2v) is 5.07. The van der Waals surface area contributed by atoms with E-state index in [1.165, 1.54) is 44.9 Å². The van der Waals surface area contributed by atoms with Crippen molar-refractivity contribution < 1.29 is 0 Å². The first-order chi connectivity index (χ1) is 6.66. The highest BCUT2D eigenvalue weighted by Crippen LogP contribution is 2.17. The maximum absolute atomic E-state index is 5.46. The standard InChI is InChI=1S/C13H29N/c1-12(2)8-7-10-13(3)9-5-4-6-11-14/h12-13H,4-11,14H2,1-3H3. The highest BCUT2D eigenvalue weighted by molar-refractivity contribution is 4.56. The van der Waals surface area contributed by atoms with Gasteiger partial charge in [-0.05, 0) is 24.8 Å². The Morgan fingerprint density at radius 2 is 1.43 bits per heavy atom. The highest BCUT2D eigenvalue weighted by atomic mass is 14.5. The number of unbranched alkanes of at least 4 members (excludes halogenated alkanes) is 2. The molecule has 86 valence electrons. The third-order valence-corrected chi connectivity index (χ3v) is 2.88. The van der Waals surface area contributed by atoms with Crippen molar-refractivity contribution in [3.8, 4) is 0 Å². The van der Waals surface area contributed by atoms with Crippen molar-refractivity contribution in [3.05, 3.63) is 0 Å². The maximum atomic E-state index is 5.46. The van der Waals surface area contributed by atoms with E-state index in [-0.39, 0.29) is 0 Å². The fourth-order valence-corrected chi connectivity index (χ4v) is 1.83. The van der Waals surface area contributed by atoms with E-state index in [2.05, 4.69) is 20.8 Å². The van der Waals surface area contributed by atoms with Gasteiger partial charge in [0.15, 0.2) is 0 Å². The van der Waals surface area contributed by atoms with E-state index in [9.17, 15) is 0 Å². The van der Waals surface area contributed by atoms with Crippen LogP contribution >= 0.6 is 0 Å². The second kappa shape index (κ2) is 9.51. The zero-order valence-corrected chi connectivity index (χ0v) is 10.4. The number of rotatable bonds is 9. The summed E-state index contributed by atoms with van der Waals surface area (Å²) in [6.07, 6.45) is 9.53. The van der Waals surface area contributed by atoms with E-state index in [1.54, 1.807) is 0 Å². The Balaban J connectivity index is 3.15. The third-order valence-electron chi connectivity index (χ3n) is 2.88. The summed E-state index contributed by atoms with van der Waals surface area (Å²) < 4.78 is 0. The first kappa shape index (κ1) is 14.0. The van der Waals surface area contributed by atoms with Crippen LogP contribution < -0.4 is 5.73 Å². The first-order valence-corrected chi connectivity index (χ1v) is 6.37. The monoisotopic (exact) mass is 199 g/mol. The molecule has 0 heterocycles. The molecule has 0 spiro atoms. The van der Waals surface area contributed by atoms with Gasteiger partial charge >= 0.3 is 0 Å². The van der Waals surface area contributed by atoms with Crippen LogP contribution in [0.5, 0.6) is 0 Å². The molecule has 0 saturated carbocycles. The molecule has 2 N–H and O–H groups in total. The van der Waals surface area contributed by atoms with Gasteiger partial charge in [0.25, 0.3) is 0 Å². The van der Waals surface area contributed by atoms with Crippen LogP contribution in [0, 0.1) is 11.8 Å². The van der Waals surface area contributed by atoms with Crippen molar-refractivity contribution in [2.75, 3.05) is 6.54 Å². The van der Waals surface area contributed by atoms with Gasteiger partial charge in [-0.3, -0.25) is 0 Å². The van der Waals surface area contributed by atoms with Gasteiger partial charge in [-0.2, -0.15) is 0 Å². The van der Waals surface area contributed by atoms with E-state index in [4.69, 9.17) is 5.73 Å². The molecule has 1 atom stereocenters. The molecule has 14 heavy (non-hydrogen) atoms. The van der Waals surface area contributed by atoms with Crippen molar-refractivity contribution >= 4 is 0 Å². The molecule has 1 nitrogen and oxygen atoms in total. The summed E-state index contributed by atoms with van der Waals surface area (Å²) >= 11 is 0. The van der Waals surface area contributed by atoms with Gasteiger partial charge in [0.05, 0.1) is 0 Å². The largest absolute Gasteiger partial charge is 0.330 e. The fourth-order valence-electron chi connectivity index (χ4n) is 1.83. The van der Waals surface area contributed by atoms with Crippen molar-refractivity contribution in [2.45, 2.75) is 65.7 Å². The van der Waals surface area contributed by atoms with Crippen LogP contribution in [0.15, 0.2) is 0 Å². The summed E-state index contributed by atoms with van der Waals surface area (Å²) in [7, 11) is 0. The van der Waals surface area contributed by atoms with Crippen molar-refractivity contribution in [1.82, 2.24) is 0 Å². The Hall–Kier alpha value is -0.0400. The second-order valence-electron chi connectivity index (χ2n) is 5.07. The van der Waals surface area contributed by atoms with Gasteiger partial charge in [0, 0.05) is 0 Å². The van der Waals surface area contributed by atoms with Crippen LogP contribution in [0.1, 0.15) is 65.7 Å². The number of nitrogens with two attached hydrogens (primary N) is 1. The summed E-state index contributed by atoms with van der Waals surface area (Å²) in [6.45, 7) is 7.88. The topological polar surface area (TPSA) is 26.0 Å². The maximum Gasteiger partial charge on any atom is -0.00773 e. The minimum atomic E-state index is 0.863. The summed E-state index contributed by atoms with van der Waals surface area (Å²) in [5.41, 5.74) is 5.46. The van der Waals surface area contributed by atoms with Crippen LogP contribution in [0.2, 0.25) is 0 Å². The summed E-state index contributed by atoms with van der Waals surface area (Å²) in [5.74, 6) is 1.80. The van der Waals surface area contributed by atoms with E-state index in [0.29, 0.717) is 0 Å². The normalized spacial score (nSPS) is 13.5. The lowest BCUT2D eigenvalue weighted by molar-refractivity contribution is 0.421.